The largest absolute Gasteiger partial charge is 0.416 e. The maximum Gasteiger partial charge on any atom is 0.416 e. The summed E-state index contributed by atoms with van der Waals surface area (Å²) in [4.78, 5) is 23.3. The Labute approximate surface area is 101 Å². The second-order valence-corrected chi connectivity index (χ2v) is 3.75. The van der Waals surface area contributed by atoms with Gasteiger partial charge in [0.2, 0.25) is 0 Å². The van der Waals surface area contributed by atoms with Gasteiger partial charge in [0.15, 0.2) is 0 Å². The topological polar surface area (TPSA) is 37.4 Å². The maximum absolute atomic E-state index is 12.7. The van der Waals surface area contributed by atoms with Gasteiger partial charge in [-0.05, 0) is 11.6 Å². The lowest BCUT2D eigenvalue weighted by molar-refractivity contribution is -0.142. The molecule has 1 aromatic carbocycles. The smallest absolute Gasteiger partial charge is 0.271 e. The molecule has 1 heterocycles. The summed E-state index contributed by atoms with van der Waals surface area (Å²) in [5, 5.41) is 0. The average molecular weight is 255 g/mol. The van der Waals surface area contributed by atoms with Crippen LogP contribution in [0.25, 0.3) is 0 Å². The van der Waals surface area contributed by atoms with Gasteiger partial charge in [0.25, 0.3) is 11.8 Å². The third-order valence-electron chi connectivity index (χ3n) is 2.55. The molecule has 2 rings (SSSR count). The van der Waals surface area contributed by atoms with Crippen LogP contribution in [0.1, 0.15) is 11.1 Å². The molecule has 0 unspecified atom stereocenters. The Morgan fingerprint density at radius 2 is 1.56 bits per heavy atom. The molecule has 0 spiro atoms. The van der Waals surface area contributed by atoms with E-state index in [1.54, 1.807) is 0 Å². The molecule has 0 radical (unpaired) electrons. The Hall–Kier alpha value is -2.11. The van der Waals surface area contributed by atoms with Crippen LogP contribution in [-0.2, 0) is 22.3 Å². The maximum atomic E-state index is 12.7. The number of rotatable bonds is 2. The van der Waals surface area contributed by atoms with Crippen molar-refractivity contribution >= 4 is 11.8 Å². The van der Waals surface area contributed by atoms with Gasteiger partial charge in [0, 0.05) is 12.2 Å². The third kappa shape index (κ3) is 2.27. The van der Waals surface area contributed by atoms with E-state index in [-0.39, 0.29) is 12.1 Å². The van der Waals surface area contributed by atoms with E-state index >= 15 is 0 Å². The lowest BCUT2D eigenvalue weighted by Crippen LogP contribution is -2.30. The number of nitrogens with zero attached hydrogens (tertiary/aromatic N) is 1. The number of carbonyl (C=O) groups is 2. The molecule has 0 aromatic heterocycles. The van der Waals surface area contributed by atoms with Gasteiger partial charge in [0.05, 0.1) is 12.1 Å². The normalized spacial score (nSPS) is 15.6. The van der Waals surface area contributed by atoms with Gasteiger partial charge >= 0.3 is 6.18 Å². The molecule has 0 N–H and O–H groups in total. The highest BCUT2D eigenvalue weighted by Gasteiger charge is 2.34. The number of benzene rings is 1. The number of amides is 2. The molecule has 6 heteroatoms. The van der Waals surface area contributed by atoms with E-state index in [9.17, 15) is 22.8 Å². The number of hydrogen-bond donors (Lipinski definition) is 0. The molecule has 0 saturated carbocycles. The SMILES string of the molecule is O=C1C=CC(=O)N1Cc1ccccc1C(F)(F)F. The Kier molecular flexibility index (Phi) is 2.94. The van der Waals surface area contributed by atoms with Gasteiger partial charge in [-0.1, -0.05) is 18.2 Å². The van der Waals surface area contributed by atoms with Crippen molar-refractivity contribution in [2.24, 2.45) is 0 Å². The lowest BCUT2D eigenvalue weighted by atomic mass is 10.1. The predicted molar refractivity (Wildman–Crippen MR) is 56.1 cm³/mol. The second kappa shape index (κ2) is 4.29. The zero-order valence-corrected chi connectivity index (χ0v) is 9.07. The standard InChI is InChI=1S/C12H8F3NO2/c13-12(14,15)9-4-2-1-3-8(9)7-16-10(17)5-6-11(16)18/h1-6H,7H2. The van der Waals surface area contributed by atoms with Crippen LogP contribution in [0.3, 0.4) is 0 Å². The molecule has 1 aliphatic rings. The van der Waals surface area contributed by atoms with E-state index in [0.717, 1.165) is 23.1 Å². The molecule has 1 aromatic rings. The molecule has 2 amide bonds. The van der Waals surface area contributed by atoms with Gasteiger partial charge in [-0.3, -0.25) is 14.5 Å². The van der Waals surface area contributed by atoms with Crippen molar-refractivity contribution in [3.8, 4) is 0 Å². The molecule has 18 heavy (non-hydrogen) atoms. The Balaban J connectivity index is 2.30. The molecule has 94 valence electrons. The number of alkyl halides is 3. The Morgan fingerprint density at radius 1 is 1.00 bits per heavy atom. The van der Waals surface area contributed by atoms with E-state index in [1.165, 1.54) is 18.2 Å². The zero-order chi connectivity index (χ0) is 13.3. The molecule has 0 fully saturated rings. The van der Waals surface area contributed by atoms with E-state index in [0.29, 0.717) is 0 Å². The minimum Gasteiger partial charge on any atom is -0.271 e. The van der Waals surface area contributed by atoms with Gasteiger partial charge in [0.1, 0.15) is 0 Å². The van der Waals surface area contributed by atoms with Crippen LogP contribution < -0.4 is 0 Å². The number of imide groups is 1. The highest BCUT2D eigenvalue weighted by molar-refractivity contribution is 6.12. The molecule has 1 aliphatic heterocycles. The molecule has 0 saturated heterocycles. The summed E-state index contributed by atoms with van der Waals surface area (Å²) < 4.78 is 38.1. The number of hydrogen-bond acceptors (Lipinski definition) is 2. The summed E-state index contributed by atoms with van der Waals surface area (Å²) in [5.74, 6) is -1.20. The van der Waals surface area contributed by atoms with E-state index in [2.05, 4.69) is 0 Å². The fourth-order valence-electron chi connectivity index (χ4n) is 1.69. The highest BCUT2D eigenvalue weighted by atomic mass is 19.4. The fraction of sp³-hybridized carbons (Fsp3) is 0.167. The molecule has 0 bridgehead atoms. The minimum absolute atomic E-state index is 0.101. The summed E-state index contributed by atoms with van der Waals surface area (Å²) in [5.41, 5.74) is -0.937. The van der Waals surface area contributed by atoms with Crippen LogP contribution >= 0.6 is 0 Å². The number of carbonyl (C=O) groups excluding carboxylic acids is 2. The second-order valence-electron chi connectivity index (χ2n) is 3.75. The molecule has 3 nitrogen and oxygen atoms in total. The summed E-state index contributed by atoms with van der Waals surface area (Å²) in [6, 6.07) is 4.87. The van der Waals surface area contributed by atoms with Crippen molar-refractivity contribution < 1.29 is 22.8 Å². The average Bonchev–Trinajstić information content (AvgIpc) is 2.60. The van der Waals surface area contributed by atoms with Crippen molar-refractivity contribution in [2.45, 2.75) is 12.7 Å². The molecule has 0 atom stereocenters. The van der Waals surface area contributed by atoms with Crippen LogP contribution in [-0.4, -0.2) is 16.7 Å². The van der Waals surface area contributed by atoms with Gasteiger partial charge in [-0.15, -0.1) is 0 Å². The first-order valence-electron chi connectivity index (χ1n) is 5.08. The summed E-state index contributed by atoms with van der Waals surface area (Å²) in [6.45, 7) is -0.375. The van der Waals surface area contributed by atoms with Crippen molar-refractivity contribution in [3.05, 3.63) is 47.5 Å². The van der Waals surface area contributed by atoms with Crippen molar-refractivity contribution in [3.63, 3.8) is 0 Å². The molecular weight excluding hydrogens is 247 g/mol. The molecular formula is C12H8F3NO2. The summed E-state index contributed by atoms with van der Waals surface area (Å²) >= 11 is 0. The first kappa shape index (κ1) is 12.3. The zero-order valence-electron chi connectivity index (χ0n) is 9.07. The Morgan fingerprint density at radius 3 is 2.11 bits per heavy atom. The van der Waals surface area contributed by atoms with Gasteiger partial charge < -0.3 is 0 Å². The van der Waals surface area contributed by atoms with Crippen molar-refractivity contribution in [2.75, 3.05) is 0 Å². The first-order valence-corrected chi connectivity index (χ1v) is 5.08. The van der Waals surface area contributed by atoms with E-state index < -0.39 is 23.6 Å². The first-order chi connectivity index (χ1) is 8.39. The van der Waals surface area contributed by atoms with E-state index in [1.807, 2.05) is 0 Å². The van der Waals surface area contributed by atoms with Crippen LogP contribution in [0.2, 0.25) is 0 Å². The van der Waals surface area contributed by atoms with E-state index in [4.69, 9.17) is 0 Å². The van der Waals surface area contributed by atoms with Crippen LogP contribution in [0.5, 0.6) is 0 Å². The quantitative estimate of drug-likeness (QED) is 0.759. The molecule has 0 aliphatic carbocycles. The highest BCUT2D eigenvalue weighted by Crippen LogP contribution is 2.32. The lowest BCUT2D eigenvalue weighted by Gasteiger charge is -2.17. The predicted octanol–water partition coefficient (Wildman–Crippen LogP) is 2.13. The fourth-order valence-corrected chi connectivity index (χ4v) is 1.69. The van der Waals surface area contributed by atoms with Gasteiger partial charge in [-0.2, -0.15) is 13.2 Å². The Bertz CT molecular complexity index is 516. The monoisotopic (exact) mass is 255 g/mol. The summed E-state index contributed by atoms with van der Waals surface area (Å²) in [6.07, 6.45) is -2.42. The minimum atomic E-state index is -4.50. The van der Waals surface area contributed by atoms with Crippen LogP contribution in [0, 0.1) is 0 Å². The van der Waals surface area contributed by atoms with Crippen molar-refractivity contribution in [1.82, 2.24) is 4.90 Å². The van der Waals surface area contributed by atoms with Crippen LogP contribution in [0.4, 0.5) is 13.2 Å². The number of halogens is 3. The van der Waals surface area contributed by atoms with Crippen LogP contribution in [0.15, 0.2) is 36.4 Å². The van der Waals surface area contributed by atoms with Crippen molar-refractivity contribution in [1.29, 1.82) is 0 Å². The third-order valence-corrected chi connectivity index (χ3v) is 2.55. The summed E-state index contributed by atoms with van der Waals surface area (Å²) in [7, 11) is 0. The van der Waals surface area contributed by atoms with Gasteiger partial charge in [-0.25, -0.2) is 0 Å².